The molecule has 19 heavy (non-hydrogen) atoms. The summed E-state index contributed by atoms with van der Waals surface area (Å²) in [4.78, 5) is 15.7. The lowest BCUT2D eigenvalue weighted by molar-refractivity contribution is 0.0946. The Labute approximate surface area is 112 Å². The molecule has 0 spiro atoms. The fourth-order valence-electron chi connectivity index (χ4n) is 1.44. The van der Waals surface area contributed by atoms with Crippen molar-refractivity contribution in [3.63, 3.8) is 0 Å². The molecule has 0 aliphatic rings. The zero-order chi connectivity index (χ0) is 13.8. The van der Waals surface area contributed by atoms with Crippen LogP contribution in [0.15, 0.2) is 23.6 Å². The normalized spacial score (nSPS) is 10.5. The van der Waals surface area contributed by atoms with E-state index in [1.807, 2.05) is 0 Å². The lowest BCUT2D eigenvalue weighted by Gasteiger charge is -2.04. The first-order valence-corrected chi connectivity index (χ1v) is 6.34. The van der Waals surface area contributed by atoms with Crippen molar-refractivity contribution < 1.29 is 13.6 Å². The third-order valence-corrected chi connectivity index (χ3v) is 3.28. The number of nitrogens with two attached hydrogens (primary N) is 1. The highest BCUT2D eigenvalue weighted by molar-refractivity contribution is 7.09. The van der Waals surface area contributed by atoms with Gasteiger partial charge < -0.3 is 11.1 Å². The van der Waals surface area contributed by atoms with Gasteiger partial charge in [-0.25, -0.2) is 13.8 Å². The second-order valence-corrected chi connectivity index (χ2v) is 4.69. The lowest BCUT2D eigenvalue weighted by Crippen LogP contribution is -2.23. The minimum absolute atomic E-state index is 0.0273. The Bertz CT molecular complexity index is 600. The van der Waals surface area contributed by atoms with Gasteiger partial charge in [0.15, 0.2) is 0 Å². The fourth-order valence-corrected chi connectivity index (χ4v) is 2.09. The molecule has 1 aromatic carbocycles. The van der Waals surface area contributed by atoms with Crippen LogP contribution in [0.4, 0.5) is 8.78 Å². The molecule has 4 nitrogen and oxygen atoms in total. The number of thiazole rings is 1. The smallest absolute Gasteiger partial charge is 0.271 e. The van der Waals surface area contributed by atoms with Gasteiger partial charge in [0.2, 0.25) is 0 Å². The van der Waals surface area contributed by atoms with E-state index < -0.39 is 17.5 Å². The van der Waals surface area contributed by atoms with E-state index in [9.17, 15) is 13.6 Å². The zero-order valence-corrected chi connectivity index (χ0v) is 10.6. The predicted molar refractivity (Wildman–Crippen MR) is 67.5 cm³/mol. The fraction of sp³-hybridized carbons (Fsp3) is 0.167. The maximum Gasteiger partial charge on any atom is 0.271 e. The van der Waals surface area contributed by atoms with E-state index in [-0.39, 0.29) is 24.3 Å². The molecule has 2 aromatic rings. The molecule has 0 radical (unpaired) electrons. The van der Waals surface area contributed by atoms with E-state index in [1.54, 1.807) is 5.38 Å². The molecule has 2 rings (SSSR count). The number of carbonyl (C=O) groups is 1. The molecule has 0 saturated heterocycles. The van der Waals surface area contributed by atoms with Gasteiger partial charge in [-0.3, -0.25) is 4.79 Å². The Morgan fingerprint density at radius 2 is 2.21 bits per heavy atom. The Morgan fingerprint density at radius 1 is 1.42 bits per heavy atom. The zero-order valence-electron chi connectivity index (χ0n) is 9.82. The highest BCUT2D eigenvalue weighted by atomic mass is 32.1. The van der Waals surface area contributed by atoms with Crippen LogP contribution in [-0.2, 0) is 13.1 Å². The molecule has 0 bridgehead atoms. The second-order valence-electron chi connectivity index (χ2n) is 3.75. The highest BCUT2D eigenvalue weighted by Crippen LogP contribution is 2.11. The van der Waals surface area contributed by atoms with E-state index in [1.165, 1.54) is 17.4 Å². The molecule has 0 saturated carbocycles. The van der Waals surface area contributed by atoms with Crippen LogP contribution in [0.1, 0.15) is 21.1 Å². The van der Waals surface area contributed by atoms with Gasteiger partial charge in [-0.1, -0.05) is 6.07 Å². The van der Waals surface area contributed by atoms with Gasteiger partial charge >= 0.3 is 0 Å². The summed E-state index contributed by atoms with van der Waals surface area (Å²) in [5.41, 5.74) is 5.85. The van der Waals surface area contributed by atoms with E-state index in [0.717, 1.165) is 12.1 Å². The molecule has 0 atom stereocenters. The minimum atomic E-state index is -0.693. The summed E-state index contributed by atoms with van der Waals surface area (Å²) in [6.45, 7) is 0.241. The summed E-state index contributed by atoms with van der Waals surface area (Å²) in [6, 6.07) is 3.20. The topological polar surface area (TPSA) is 68.0 Å². The summed E-state index contributed by atoms with van der Waals surface area (Å²) >= 11 is 1.28. The molecule has 0 aliphatic carbocycles. The predicted octanol–water partition coefficient (Wildman–Crippen LogP) is 1.81. The standard InChI is InChI=1S/C12H11F2N3OS/c13-8-2-1-7(9(14)3-8)5-16-12(18)10-6-19-11(4-15)17-10/h1-3,6H,4-5,15H2,(H,16,18). The summed E-state index contributed by atoms with van der Waals surface area (Å²) in [7, 11) is 0. The largest absolute Gasteiger partial charge is 0.346 e. The second kappa shape index (κ2) is 5.85. The first kappa shape index (κ1) is 13.6. The van der Waals surface area contributed by atoms with Crippen molar-refractivity contribution in [3.05, 3.63) is 51.5 Å². The number of hydrogen-bond donors (Lipinski definition) is 2. The van der Waals surface area contributed by atoms with Crippen molar-refractivity contribution in [2.45, 2.75) is 13.1 Å². The Kier molecular flexibility index (Phi) is 4.18. The summed E-state index contributed by atoms with van der Waals surface area (Å²) in [6.07, 6.45) is 0. The summed E-state index contributed by atoms with van der Waals surface area (Å²) in [5.74, 6) is -1.76. The molecular weight excluding hydrogens is 272 g/mol. The number of nitrogens with zero attached hydrogens (tertiary/aromatic N) is 1. The average molecular weight is 283 g/mol. The third kappa shape index (κ3) is 3.33. The summed E-state index contributed by atoms with van der Waals surface area (Å²) < 4.78 is 26.0. The first-order chi connectivity index (χ1) is 9.10. The molecule has 0 aliphatic heterocycles. The Hall–Kier alpha value is -1.86. The van der Waals surface area contributed by atoms with Gasteiger partial charge in [-0.15, -0.1) is 11.3 Å². The van der Waals surface area contributed by atoms with E-state index in [0.29, 0.717) is 5.01 Å². The molecule has 1 heterocycles. The number of rotatable bonds is 4. The number of halogens is 2. The monoisotopic (exact) mass is 283 g/mol. The van der Waals surface area contributed by atoms with Gasteiger partial charge in [0.05, 0.1) is 0 Å². The number of hydrogen-bond acceptors (Lipinski definition) is 4. The molecule has 7 heteroatoms. The van der Waals surface area contributed by atoms with Crippen LogP contribution >= 0.6 is 11.3 Å². The summed E-state index contributed by atoms with van der Waals surface area (Å²) in [5, 5.41) is 4.75. The highest BCUT2D eigenvalue weighted by Gasteiger charge is 2.11. The minimum Gasteiger partial charge on any atom is -0.346 e. The first-order valence-electron chi connectivity index (χ1n) is 5.46. The number of aromatic nitrogens is 1. The van der Waals surface area contributed by atoms with E-state index in [2.05, 4.69) is 10.3 Å². The number of carbonyl (C=O) groups excluding carboxylic acids is 1. The van der Waals surface area contributed by atoms with Gasteiger partial charge in [0, 0.05) is 30.1 Å². The van der Waals surface area contributed by atoms with E-state index in [4.69, 9.17) is 5.73 Å². The number of amides is 1. The molecular formula is C12H11F2N3OS. The van der Waals surface area contributed by atoms with Crippen molar-refractivity contribution in [2.24, 2.45) is 5.73 Å². The van der Waals surface area contributed by atoms with Crippen LogP contribution in [0.3, 0.4) is 0 Å². The van der Waals surface area contributed by atoms with Gasteiger partial charge in [-0.05, 0) is 6.07 Å². The Balaban J connectivity index is 2.00. The number of nitrogens with one attached hydrogen (secondary N) is 1. The lowest BCUT2D eigenvalue weighted by atomic mass is 10.2. The van der Waals surface area contributed by atoms with Crippen molar-refractivity contribution >= 4 is 17.2 Å². The van der Waals surface area contributed by atoms with Crippen molar-refractivity contribution in [2.75, 3.05) is 0 Å². The van der Waals surface area contributed by atoms with Gasteiger partial charge in [-0.2, -0.15) is 0 Å². The third-order valence-electron chi connectivity index (χ3n) is 2.41. The molecule has 0 unspecified atom stereocenters. The van der Waals surface area contributed by atoms with E-state index >= 15 is 0 Å². The SMILES string of the molecule is NCc1nc(C(=O)NCc2ccc(F)cc2F)cs1. The molecule has 1 amide bonds. The van der Waals surface area contributed by atoms with Crippen LogP contribution in [0.5, 0.6) is 0 Å². The molecule has 100 valence electrons. The molecule has 1 aromatic heterocycles. The van der Waals surface area contributed by atoms with Gasteiger partial charge in [0.1, 0.15) is 22.3 Å². The maximum atomic E-state index is 13.3. The number of benzene rings is 1. The van der Waals surface area contributed by atoms with Crippen LogP contribution in [0.25, 0.3) is 0 Å². The molecule has 3 N–H and O–H groups in total. The van der Waals surface area contributed by atoms with Crippen molar-refractivity contribution in [3.8, 4) is 0 Å². The van der Waals surface area contributed by atoms with Crippen LogP contribution in [0, 0.1) is 11.6 Å². The van der Waals surface area contributed by atoms with Gasteiger partial charge in [0.25, 0.3) is 5.91 Å². The Morgan fingerprint density at radius 3 is 2.84 bits per heavy atom. The van der Waals surface area contributed by atoms with Crippen LogP contribution in [0.2, 0.25) is 0 Å². The maximum absolute atomic E-state index is 13.3. The van der Waals surface area contributed by atoms with Crippen molar-refractivity contribution in [1.29, 1.82) is 0 Å². The van der Waals surface area contributed by atoms with Crippen LogP contribution in [-0.4, -0.2) is 10.9 Å². The molecule has 0 fully saturated rings. The van der Waals surface area contributed by atoms with Crippen molar-refractivity contribution in [1.82, 2.24) is 10.3 Å². The average Bonchev–Trinajstić information content (AvgIpc) is 2.86. The quantitative estimate of drug-likeness (QED) is 0.899. The van der Waals surface area contributed by atoms with Crippen LogP contribution < -0.4 is 11.1 Å².